The number of carbonyl (C=O) groups excluding carboxylic acids is 3. The lowest BCUT2D eigenvalue weighted by Gasteiger charge is -2.06. The molecule has 154 valence electrons. The van der Waals surface area contributed by atoms with Gasteiger partial charge in [0.05, 0.1) is 18.1 Å². The van der Waals surface area contributed by atoms with Crippen LogP contribution in [0.25, 0.3) is 28.0 Å². The number of imidazole rings is 1. The summed E-state index contributed by atoms with van der Waals surface area (Å²) < 4.78 is 5.97. The molecule has 3 heterocycles. The molecule has 4 aromatic rings. The van der Waals surface area contributed by atoms with Gasteiger partial charge in [0.1, 0.15) is 5.69 Å². The molecule has 1 aromatic carbocycles. The predicted molar refractivity (Wildman–Crippen MR) is 110 cm³/mol. The van der Waals surface area contributed by atoms with Crippen LogP contribution in [0.4, 0.5) is 4.79 Å². The summed E-state index contributed by atoms with van der Waals surface area (Å²) in [6.45, 7) is 0. The van der Waals surface area contributed by atoms with E-state index in [1.807, 2.05) is 12.1 Å². The monoisotopic (exact) mass is 416 g/mol. The highest BCUT2D eigenvalue weighted by Gasteiger charge is 2.15. The molecule has 0 bridgehead atoms. The summed E-state index contributed by atoms with van der Waals surface area (Å²) in [7, 11) is 1.58. The van der Waals surface area contributed by atoms with Gasteiger partial charge in [-0.1, -0.05) is 12.1 Å². The van der Waals surface area contributed by atoms with Gasteiger partial charge in [-0.15, -0.1) is 0 Å². The van der Waals surface area contributed by atoms with Crippen LogP contribution in [-0.2, 0) is 4.74 Å². The fourth-order valence-electron chi connectivity index (χ4n) is 3.06. The molecule has 31 heavy (non-hydrogen) atoms. The first kappa shape index (κ1) is 19.7. The van der Waals surface area contributed by atoms with Crippen molar-refractivity contribution in [3.8, 4) is 22.4 Å². The molecule has 4 rings (SSSR count). The van der Waals surface area contributed by atoms with E-state index < -0.39 is 12.1 Å². The lowest BCUT2D eigenvalue weighted by Crippen LogP contribution is -2.19. The molecule has 0 radical (unpaired) electrons. The zero-order chi connectivity index (χ0) is 22.0. The number of benzene rings is 1. The molecule has 0 aliphatic rings. The van der Waals surface area contributed by atoms with Crippen LogP contribution in [0.1, 0.15) is 20.8 Å². The molecule has 0 unspecified atom stereocenters. The quantitative estimate of drug-likeness (QED) is 0.383. The number of fused-ring (bicyclic) bond motifs is 1. The molecule has 0 spiro atoms. The highest BCUT2D eigenvalue weighted by molar-refractivity contribution is 5.96. The Morgan fingerprint density at radius 1 is 1.00 bits per heavy atom. The first-order valence-corrected chi connectivity index (χ1v) is 9.10. The SMILES string of the molecule is CNC(=O)c1cccc(-c2cnn3c(-c4ccnc(C(=O)OC(N)=O)c4)cnc3c2)c1. The highest BCUT2D eigenvalue weighted by Crippen LogP contribution is 2.25. The van der Waals surface area contributed by atoms with E-state index in [2.05, 4.69) is 25.1 Å². The van der Waals surface area contributed by atoms with Crippen LogP contribution in [0.3, 0.4) is 0 Å². The van der Waals surface area contributed by atoms with E-state index in [1.165, 1.54) is 12.3 Å². The molecule has 10 heteroatoms. The molecular formula is C21H16N6O4. The van der Waals surface area contributed by atoms with E-state index in [1.54, 1.807) is 48.2 Å². The molecule has 10 nitrogen and oxygen atoms in total. The second kappa shape index (κ2) is 8.03. The molecular weight excluding hydrogens is 400 g/mol. The standard InChI is InChI=1S/C21H16N6O4/c1-23-19(28)14-4-2-3-12(7-14)15-9-18-25-11-17(27(18)26-10-15)13-5-6-24-16(8-13)20(29)31-21(22)30/h2-11H,1H3,(H2,22,30)(H,23,28). The number of rotatable bonds is 4. The number of ether oxygens (including phenoxy) is 1. The third kappa shape index (κ3) is 3.94. The van der Waals surface area contributed by atoms with Crippen LogP contribution in [0.2, 0.25) is 0 Å². The van der Waals surface area contributed by atoms with Gasteiger partial charge in [0, 0.05) is 29.9 Å². The van der Waals surface area contributed by atoms with Gasteiger partial charge >= 0.3 is 12.1 Å². The maximum Gasteiger partial charge on any atom is 0.412 e. The molecule has 0 atom stereocenters. The van der Waals surface area contributed by atoms with E-state index >= 15 is 0 Å². The zero-order valence-corrected chi connectivity index (χ0v) is 16.3. The third-order valence-corrected chi connectivity index (χ3v) is 4.50. The molecule has 0 fully saturated rings. The summed E-state index contributed by atoms with van der Waals surface area (Å²) in [5.41, 5.74) is 8.72. The van der Waals surface area contributed by atoms with Crippen molar-refractivity contribution in [2.45, 2.75) is 0 Å². The molecule has 0 aliphatic carbocycles. The molecule has 0 saturated carbocycles. The van der Waals surface area contributed by atoms with Gasteiger partial charge < -0.3 is 15.8 Å². The fourth-order valence-corrected chi connectivity index (χ4v) is 3.06. The molecule has 0 saturated heterocycles. The number of hydrogen-bond acceptors (Lipinski definition) is 7. The Morgan fingerprint density at radius 2 is 1.84 bits per heavy atom. The van der Waals surface area contributed by atoms with E-state index in [0.717, 1.165) is 11.1 Å². The summed E-state index contributed by atoms with van der Waals surface area (Å²) in [6, 6.07) is 12.1. The van der Waals surface area contributed by atoms with Crippen LogP contribution in [-0.4, -0.2) is 44.6 Å². The zero-order valence-electron chi connectivity index (χ0n) is 16.3. The molecule has 0 aliphatic heterocycles. The van der Waals surface area contributed by atoms with E-state index in [4.69, 9.17) is 5.73 Å². The summed E-state index contributed by atoms with van der Waals surface area (Å²) in [5, 5.41) is 7.05. The number of aromatic nitrogens is 4. The van der Waals surface area contributed by atoms with Crippen molar-refractivity contribution < 1.29 is 19.1 Å². The molecule has 3 aromatic heterocycles. The van der Waals surface area contributed by atoms with Crippen molar-refractivity contribution in [1.82, 2.24) is 24.9 Å². The predicted octanol–water partition coefficient (Wildman–Crippen LogP) is 2.05. The molecule has 2 amide bonds. The Hall–Kier alpha value is -4.60. The maximum atomic E-state index is 11.9. The van der Waals surface area contributed by atoms with Crippen LogP contribution in [0, 0.1) is 0 Å². The Kier molecular flexibility index (Phi) is 5.10. The third-order valence-electron chi connectivity index (χ3n) is 4.50. The average molecular weight is 416 g/mol. The number of hydrogen-bond donors (Lipinski definition) is 2. The van der Waals surface area contributed by atoms with Crippen LogP contribution in [0.15, 0.2) is 61.1 Å². The Balaban J connectivity index is 1.70. The van der Waals surface area contributed by atoms with Gasteiger partial charge in [-0.3, -0.25) is 4.79 Å². The number of pyridine rings is 1. The van der Waals surface area contributed by atoms with Crippen LogP contribution >= 0.6 is 0 Å². The first-order chi connectivity index (χ1) is 15.0. The van der Waals surface area contributed by atoms with Gasteiger partial charge in [0.25, 0.3) is 5.91 Å². The van der Waals surface area contributed by atoms with Crippen LogP contribution < -0.4 is 11.1 Å². The Bertz CT molecular complexity index is 1330. The second-order valence-electron chi connectivity index (χ2n) is 6.46. The smallest absolute Gasteiger partial charge is 0.372 e. The van der Waals surface area contributed by atoms with Gasteiger partial charge in [-0.25, -0.2) is 24.1 Å². The van der Waals surface area contributed by atoms with E-state index in [9.17, 15) is 14.4 Å². The Morgan fingerprint density at radius 3 is 2.61 bits per heavy atom. The normalized spacial score (nSPS) is 10.6. The van der Waals surface area contributed by atoms with Gasteiger partial charge in [0.2, 0.25) is 0 Å². The highest BCUT2D eigenvalue weighted by atomic mass is 16.6. The van der Waals surface area contributed by atoms with Crippen molar-refractivity contribution in [2.24, 2.45) is 5.73 Å². The number of amides is 2. The number of esters is 1. The van der Waals surface area contributed by atoms with E-state index in [-0.39, 0.29) is 11.6 Å². The number of nitrogens with one attached hydrogen (secondary N) is 1. The summed E-state index contributed by atoms with van der Waals surface area (Å²) in [6.07, 6.45) is 3.46. The second-order valence-corrected chi connectivity index (χ2v) is 6.46. The summed E-state index contributed by atoms with van der Waals surface area (Å²) >= 11 is 0. The fraction of sp³-hybridized carbons (Fsp3) is 0.0476. The van der Waals surface area contributed by atoms with Gasteiger partial charge in [-0.2, -0.15) is 5.10 Å². The number of nitrogens with zero attached hydrogens (tertiary/aromatic N) is 4. The number of nitrogens with two attached hydrogens (primary N) is 1. The van der Waals surface area contributed by atoms with Crippen molar-refractivity contribution >= 4 is 23.6 Å². The Labute approximate surface area is 175 Å². The maximum absolute atomic E-state index is 11.9. The van der Waals surface area contributed by atoms with Gasteiger partial charge in [0.15, 0.2) is 5.65 Å². The minimum Gasteiger partial charge on any atom is -0.372 e. The van der Waals surface area contributed by atoms with Crippen molar-refractivity contribution in [3.63, 3.8) is 0 Å². The summed E-state index contributed by atoms with van der Waals surface area (Å²) in [5.74, 6) is -1.13. The lowest BCUT2D eigenvalue weighted by atomic mass is 10.0. The minimum absolute atomic E-state index is 0.0751. The number of carbonyl (C=O) groups is 3. The van der Waals surface area contributed by atoms with Crippen molar-refractivity contribution in [2.75, 3.05) is 7.05 Å². The first-order valence-electron chi connectivity index (χ1n) is 9.10. The molecule has 3 N–H and O–H groups in total. The van der Waals surface area contributed by atoms with E-state index in [0.29, 0.717) is 22.5 Å². The van der Waals surface area contributed by atoms with Crippen molar-refractivity contribution in [3.05, 3.63) is 72.3 Å². The lowest BCUT2D eigenvalue weighted by molar-refractivity contribution is 0.0631. The topological polar surface area (TPSA) is 142 Å². The largest absolute Gasteiger partial charge is 0.412 e. The average Bonchev–Trinajstić information content (AvgIpc) is 3.21. The van der Waals surface area contributed by atoms with Crippen LogP contribution in [0.5, 0.6) is 0 Å². The van der Waals surface area contributed by atoms with Gasteiger partial charge in [-0.05, 0) is 35.9 Å². The summed E-state index contributed by atoms with van der Waals surface area (Å²) in [4.78, 5) is 42.9. The minimum atomic E-state index is -1.21. The van der Waals surface area contributed by atoms with Crippen molar-refractivity contribution in [1.29, 1.82) is 0 Å². The number of primary amides is 1.